The van der Waals surface area contributed by atoms with Gasteiger partial charge in [-0.3, -0.25) is 13.8 Å². The SMILES string of the molecule is CCCCC/C=C\C/C=C\C/C=C\CCCCCCCCC(=O)OC(COCCCCCCCCCCCCCCCCCCCCCCC)COP(=O)(O)OCCN. The number of carbonyl (C=O) groups is 1. The molecular weight excluding hydrogens is 758 g/mol. The first-order chi connectivity index (χ1) is 28.9. The summed E-state index contributed by atoms with van der Waals surface area (Å²) in [5.74, 6) is -0.339. The molecule has 0 heterocycles. The van der Waals surface area contributed by atoms with E-state index in [4.69, 9.17) is 24.3 Å². The third kappa shape index (κ3) is 47.6. The van der Waals surface area contributed by atoms with Crippen molar-refractivity contribution in [3.8, 4) is 0 Å². The molecule has 0 aromatic rings. The Morgan fingerprint density at radius 2 is 0.898 bits per heavy atom. The number of ether oxygens (including phenoxy) is 2. The molecule has 9 heteroatoms. The molecule has 0 rings (SSSR count). The zero-order chi connectivity index (χ0) is 43.0. The van der Waals surface area contributed by atoms with Gasteiger partial charge in [-0.1, -0.05) is 217 Å². The summed E-state index contributed by atoms with van der Waals surface area (Å²) >= 11 is 0. The number of phosphoric ester groups is 1. The van der Waals surface area contributed by atoms with Gasteiger partial charge in [0.05, 0.1) is 19.8 Å². The maximum absolute atomic E-state index is 12.6. The predicted molar refractivity (Wildman–Crippen MR) is 252 cm³/mol. The van der Waals surface area contributed by atoms with Crippen molar-refractivity contribution < 1.29 is 32.8 Å². The number of esters is 1. The van der Waals surface area contributed by atoms with Crippen molar-refractivity contribution in [1.29, 1.82) is 0 Å². The van der Waals surface area contributed by atoms with E-state index in [1.54, 1.807) is 0 Å². The van der Waals surface area contributed by atoms with Gasteiger partial charge in [-0.2, -0.15) is 0 Å². The molecule has 8 nitrogen and oxygen atoms in total. The number of nitrogens with two attached hydrogens (primary N) is 1. The number of rotatable bonds is 48. The van der Waals surface area contributed by atoms with E-state index in [1.165, 1.54) is 161 Å². The number of hydrogen-bond acceptors (Lipinski definition) is 7. The summed E-state index contributed by atoms with van der Waals surface area (Å²) < 4.78 is 33.6. The van der Waals surface area contributed by atoms with Crippen molar-refractivity contribution in [2.75, 3.05) is 33.0 Å². The predicted octanol–water partition coefficient (Wildman–Crippen LogP) is 15.4. The van der Waals surface area contributed by atoms with Crippen LogP contribution in [0, 0.1) is 0 Å². The first-order valence-corrected chi connectivity index (χ1v) is 26.5. The third-order valence-corrected chi connectivity index (χ3v) is 11.8. The molecule has 0 aliphatic carbocycles. The number of phosphoric acid groups is 1. The molecule has 59 heavy (non-hydrogen) atoms. The molecule has 0 aliphatic heterocycles. The number of unbranched alkanes of at least 4 members (excludes halogenated alkanes) is 29. The Bertz CT molecular complexity index is 1000. The standard InChI is InChI=1S/C50H96NO7P/c1-3-5-7-9-11-13-15-17-19-21-23-24-26-28-30-32-34-36-38-40-42-45-55-47-49(48-57-59(53,54)56-46-44-51)58-50(52)43-41-39-37-35-33-31-29-27-25-22-20-18-16-14-12-10-8-6-4-2/h12,14,18,20,25,27,49H,3-11,13,15-17,19,21-24,26,28-48,51H2,1-2H3,(H,53,54)/b14-12-,20-18-,27-25-. The van der Waals surface area contributed by atoms with Gasteiger partial charge in [0.15, 0.2) is 0 Å². The molecule has 0 radical (unpaired) electrons. The van der Waals surface area contributed by atoms with Crippen LogP contribution >= 0.6 is 7.82 Å². The molecule has 2 unspecified atom stereocenters. The second kappa shape index (κ2) is 47.8. The summed E-state index contributed by atoms with van der Waals surface area (Å²) in [5, 5.41) is 0. The lowest BCUT2D eigenvalue weighted by molar-refractivity contribution is -0.154. The van der Waals surface area contributed by atoms with Crippen molar-refractivity contribution in [2.45, 2.75) is 245 Å². The van der Waals surface area contributed by atoms with Crippen LogP contribution in [-0.4, -0.2) is 49.9 Å². The van der Waals surface area contributed by atoms with Crippen LogP contribution in [0.2, 0.25) is 0 Å². The van der Waals surface area contributed by atoms with Crippen molar-refractivity contribution in [1.82, 2.24) is 0 Å². The first kappa shape index (κ1) is 57.7. The lowest BCUT2D eigenvalue weighted by Gasteiger charge is -2.20. The lowest BCUT2D eigenvalue weighted by Crippen LogP contribution is -2.28. The molecule has 0 aromatic carbocycles. The van der Waals surface area contributed by atoms with Crippen LogP contribution in [-0.2, 0) is 27.9 Å². The molecule has 0 amide bonds. The fourth-order valence-corrected chi connectivity index (χ4v) is 7.89. The average Bonchev–Trinajstić information content (AvgIpc) is 3.23. The Balaban J connectivity index is 3.95. The zero-order valence-corrected chi connectivity index (χ0v) is 39.6. The molecule has 0 aromatic heterocycles. The van der Waals surface area contributed by atoms with E-state index in [2.05, 4.69) is 50.3 Å². The van der Waals surface area contributed by atoms with Crippen molar-refractivity contribution >= 4 is 13.8 Å². The van der Waals surface area contributed by atoms with Crippen LogP contribution in [0.15, 0.2) is 36.5 Å². The molecule has 0 aliphatic rings. The number of hydrogen-bond donors (Lipinski definition) is 2. The minimum atomic E-state index is -4.28. The van der Waals surface area contributed by atoms with E-state index in [-0.39, 0.29) is 32.3 Å². The van der Waals surface area contributed by atoms with Crippen LogP contribution in [0.1, 0.15) is 239 Å². The molecule has 0 fully saturated rings. The van der Waals surface area contributed by atoms with Crippen LogP contribution in [0.5, 0.6) is 0 Å². The quantitative estimate of drug-likeness (QED) is 0.0269. The van der Waals surface area contributed by atoms with E-state index in [0.717, 1.165) is 57.8 Å². The number of carbonyl (C=O) groups excluding carboxylic acids is 1. The highest BCUT2D eigenvalue weighted by atomic mass is 31.2. The van der Waals surface area contributed by atoms with E-state index in [1.807, 2.05) is 0 Å². The molecule has 0 bridgehead atoms. The molecule has 348 valence electrons. The second-order valence-corrected chi connectivity index (χ2v) is 18.1. The topological polar surface area (TPSA) is 117 Å². The van der Waals surface area contributed by atoms with Crippen LogP contribution in [0.25, 0.3) is 0 Å². The third-order valence-electron chi connectivity index (χ3n) is 10.8. The van der Waals surface area contributed by atoms with Gasteiger partial charge in [0, 0.05) is 19.6 Å². The van der Waals surface area contributed by atoms with Crippen LogP contribution in [0.4, 0.5) is 0 Å². The summed E-state index contributed by atoms with van der Waals surface area (Å²) in [6.07, 6.45) is 56.0. The van der Waals surface area contributed by atoms with E-state index in [0.29, 0.717) is 13.0 Å². The molecule has 0 spiro atoms. The second-order valence-electron chi connectivity index (χ2n) is 16.7. The van der Waals surface area contributed by atoms with Crippen LogP contribution < -0.4 is 5.73 Å². The molecular formula is C50H96NO7P. The largest absolute Gasteiger partial charge is 0.472 e. The van der Waals surface area contributed by atoms with E-state index < -0.39 is 13.9 Å². The van der Waals surface area contributed by atoms with Gasteiger partial charge >= 0.3 is 13.8 Å². The highest BCUT2D eigenvalue weighted by Gasteiger charge is 2.25. The summed E-state index contributed by atoms with van der Waals surface area (Å²) in [4.78, 5) is 22.6. The molecule has 3 N–H and O–H groups in total. The van der Waals surface area contributed by atoms with Gasteiger partial charge in [0.25, 0.3) is 0 Å². The molecule has 0 saturated carbocycles. The molecule has 2 atom stereocenters. The van der Waals surface area contributed by atoms with Gasteiger partial charge in [0.1, 0.15) is 6.10 Å². The fourth-order valence-electron chi connectivity index (χ4n) is 7.12. The Morgan fingerprint density at radius 1 is 0.508 bits per heavy atom. The number of allylic oxidation sites excluding steroid dienone is 6. The van der Waals surface area contributed by atoms with Gasteiger partial charge in [-0.05, 0) is 51.4 Å². The van der Waals surface area contributed by atoms with Crippen LogP contribution in [0.3, 0.4) is 0 Å². The van der Waals surface area contributed by atoms with Gasteiger partial charge in [0.2, 0.25) is 0 Å². The summed E-state index contributed by atoms with van der Waals surface area (Å²) in [6.45, 7) is 4.92. The minimum absolute atomic E-state index is 0.0971. The first-order valence-electron chi connectivity index (χ1n) is 25.0. The van der Waals surface area contributed by atoms with Crippen molar-refractivity contribution in [2.24, 2.45) is 5.73 Å². The minimum Gasteiger partial charge on any atom is -0.457 e. The maximum atomic E-state index is 12.6. The van der Waals surface area contributed by atoms with Gasteiger partial charge in [-0.25, -0.2) is 4.57 Å². The Labute approximate surface area is 365 Å². The van der Waals surface area contributed by atoms with E-state index >= 15 is 0 Å². The fraction of sp³-hybridized carbons (Fsp3) is 0.860. The average molecular weight is 854 g/mol. The molecule has 0 saturated heterocycles. The van der Waals surface area contributed by atoms with Gasteiger partial charge in [-0.15, -0.1) is 0 Å². The van der Waals surface area contributed by atoms with Gasteiger partial charge < -0.3 is 20.1 Å². The highest BCUT2D eigenvalue weighted by molar-refractivity contribution is 7.47. The summed E-state index contributed by atoms with van der Waals surface area (Å²) in [5.41, 5.74) is 5.38. The monoisotopic (exact) mass is 854 g/mol. The Kier molecular flexibility index (Phi) is 46.7. The highest BCUT2D eigenvalue weighted by Crippen LogP contribution is 2.43. The maximum Gasteiger partial charge on any atom is 0.472 e. The smallest absolute Gasteiger partial charge is 0.457 e. The Morgan fingerprint density at radius 3 is 1.37 bits per heavy atom. The summed E-state index contributed by atoms with van der Waals surface area (Å²) in [7, 11) is -4.28. The van der Waals surface area contributed by atoms with E-state index in [9.17, 15) is 14.3 Å². The zero-order valence-electron chi connectivity index (χ0n) is 38.7. The Hall–Kier alpha value is -1.28. The summed E-state index contributed by atoms with van der Waals surface area (Å²) in [6, 6.07) is 0. The van der Waals surface area contributed by atoms with Crippen molar-refractivity contribution in [3.63, 3.8) is 0 Å². The normalized spacial score (nSPS) is 13.6. The lowest BCUT2D eigenvalue weighted by atomic mass is 10.0. The van der Waals surface area contributed by atoms with Crippen molar-refractivity contribution in [3.05, 3.63) is 36.5 Å².